The Kier molecular flexibility index (Phi) is 3.23. The van der Waals surface area contributed by atoms with Gasteiger partial charge in [-0.05, 0) is 6.07 Å². The van der Waals surface area contributed by atoms with Crippen LogP contribution in [0, 0.1) is 10.1 Å². The van der Waals surface area contributed by atoms with Gasteiger partial charge in [0, 0.05) is 12.1 Å². The van der Waals surface area contributed by atoms with Gasteiger partial charge in [-0.1, -0.05) is 6.07 Å². The molecule has 1 rings (SSSR count). The Morgan fingerprint density at radius 1 is 1.43 bits per heavy atom. The van der Waals surface area contributed by atoms with Gasteiger partial charge in [0.15, 0.2) is 0 Å². The fraction of sp³-hybridized carbons (Fsp3) is 0.143. The number of alkyl halides is 2. The van der Waals surface area contributed by atoms with E-state index in [9.17, 15) is 23.1 Å². The number of halogens is 2. The quantitative estimate of drug-likeness (QED) is 0.578. The monoisotopic (exact) mass is 221 g/mol. The van der Waals surface area contributed by atoms with Crippen LogP contribution >= 0.6 is 0 Å². The molecular weight excluding hydrogens is 216 g/mol. The molecule has 0 aliphatic heterocycles. The fourth-order valence-electron chi connectivity index (χ4n) is 0.825. The second-order valence-corrected chi connectivity index (χ2v) is 3.74. The number of nitro benzene ring substituents is 1. The van der Waals surface area contributed by atoms with Gasteiger partial charge >= 0.3 is 5.76 Å². The van der Waals surface area contributed by atoms with Crippen molar-refractivity contribution in [3.05, 3.63) is 34.4 Å². The second kappa shape index (κ2) is 4.23. The molecule has 1 aromatic rings. The van der Waals surface area contributed by atoms with E-state index >= 15 is 0 Å². The Hall–Kier alpha value is -1.37. The zero-order chi connectivity index (χ0) is 10.7. The number of benzene rings is 1. The Morgan fingerprint density at radius 2 is 2.07 bits per heavy atom. The van der Waals surface area contributed by atoms with Gasteiger partial charge in [-0.2, -0.15) is 8.78 Å². The van der Waals surface area contributed by atoms with E-state index in [2.05, 4.69) is 0 Å². The summed E-state index contributed by atoms with van der Waals surface area (Å²) in [4.78, 5) is 9.29. The van der Waals surface area contributed by atoms with E-state index in [-0.39, 0.29) is 10.6 Å². The molecule has 0 spiro atoms. The first kappa shape index (κ1) is 10.7. The molecule has 0 aromatic heterocycles. The van der Waals surface area contributed by atoms with Gasteiger partial charge in [0.05, 0.1) is 9.82 Å². The highest BCUT2D eigenvalue weighted by Crippen LogP contribution is 2.19. The summed E-state index contributed by atoms with van der Waals surface area (Å²) in [6, 6.07) is 4.40. The smallest absolute Gasteiger partial charge is 0.258 e. The minimum Gasteiger partial charge on any atom is -0.258 e. The average Bonchev–Trinajstić information content (AvgIpc) is 2.16. The maximum atomic E-state index is 12.0. The molecular formula is C7H5F2NO3S. The number of nitro groups is 1. The molecule has 14 heavy (non-hydrogen) atoms. The molecule has 0 aliphatic rings. The summed E-state index contributed by atoms with van der Waals surface area (Å²) in [6.45, 7) is 0. The van der Waals surface area contributed by atoms with Crippen molar-refractivity contribution in [2.24, 2.45) is 0 Å². The first-order valence-corrected chi connectivity index (χ1v) is 4.67. The molecule has 1 aromatic carbocycles. The van der Waals surface area contributed by atoms with Crippen LogP contribution in [0.3, 0.4) is 0 Å². The second-order valence-electron chi connectivity index (χ2n) is 2.31. The summed E-state index contributed by atoms with van der Waals surface area (Å²) >= 11 is 0. The lowest BCUT2D eigenvalue weighted by molar-refractivity contribution is -0.385. The molecule has 1 atom stereocenters. The Morgan fingerprint density at radius 3 is 2.57 bits per heavy atom. The SMILES string of the molecule is O=[N+]([O-])c1cccc(S(=O)C(F)F)c1. The summed E-state index contributed by atoms with van der Waals surface area (Å²) in [6.07, 6.45) is 0. The molecule has 1 unspecified atom stereocenters. The molecule has 0 fully saturated rings. The Balaban J connectivity index is 3.06. The molecule has 0 saturated heterocycles. The predicted octanol–water partition coefficient (Wildman–Crippen LogP) is 1.92. The molecule has 76 valence electrons. The first-order chi connectivity index (χ1) is 6.52. The van der Waals surface area contributed by atoms with Crippen LogP contribution < -0.4 is 0 Å². The maximum absolute atomic E-state index is 12.0. The van der Waals surface area contributed by atoms with Crippen LogP contribution in [0.2, 0.25) is 0 Å². The molecule has 0 amide bonds. The number of nitrogens with zero attached hydrogens (tertiary/aromatic N) is 1. The Bertz CT molecular complexity index is 383. The molecule has 0 heterocycles. The van der Waals surface area contributed by atoms with E-state index in [1.165, 1.54) is 6.07 Å². The van der Waals surface area contributed by atoms with E-state index in [0.29, 0.717) is 0 Å². The van der Waals surface area contributed by atoms with Crippen LogP contribution in [-0.2, 0) is 10.8 Å². The Labute approximate surface area is 80.2 Å². The van der Waals surface area contributed by atoms with Crippen molar-refractivity contribution in [1.82, 2.24) is 0 Å². The van der Waals surface area contributed by atoms with Crippen molar-refractivity contribution in [3.63, 3.8) is 0 Å². The molecule has 7 heteroatoms. The van der Waals surface area contributed by atoms with Crippen molar-refractivity contribution in [2.75, 3.05) is 0 Å². The minimum atomic E-state index is -3.03. The number of non-ortho nitro benzene ring substituents is 1. The summed E-state index contributed by atoms with van der Waals surface area (Å²) in [5.41, 5.74) is -0.350. The van der Waals surface area contributed by atoms with Gasteiger partial charge in [-0.25, -0.2) is 4.21 Å². The van der Waals surface area contributed by atoms with Crippen LogP contribution in [0.15, 0.2) is 29.2 Å². The molecule has 0 N–H and O–H groups in total. The van der Waals surface area contributed by atoms with Gasteiger partial charge in [0.1, 0.15) is 10.8 Å². The van der Waals surface area contributed by atoms with E-state index < -0.39 is 21.5 Å². The number of hydrogen-bond donors (Lipinski definition) is 0. The number of rotatable bonds is 3. The highest BCUT2D eigenvalue weighted by molar-refractivity contribution is 7.85. The molecule has 0 saturated carbocycles. The zero-order valence-electron chi connectivity index (χ0n) is 6.72. The molecule has 0 bridgehead atoms. The summed E-state index contributed by atoms with van der Waals surface area (Å²) < 4.78 is 34.8. The molecule has 0 aliphatic carbocycles. The van der Waals surface area contributed by atoms with E-state index in [1.807, 2.05) is 0 Å². The number of hydrogen-bond acceptors (Lipinski definition) is 3. The van der Waals surface area contributed by atoms with Crippen LogP contribution in [0.1, 0.15) is 0 Å². The third-order valence-electron chi connectivity index (χ3n) is 1.42. The lowest BCUT2D eigenvalue weighted by atomic mass is 10.3. The van der Waals surface area contributed by atoms with Gasteiger partial charge < -0.3 is 0 Å². The third-order valence-corrected chi connectivity index (χ3v) is 2.46. The van der Waals surface area contributed by atoms with Gasteiger partial charge in [0.2, 0.25) is 0 Å². The van der Waals surface area contributed by atoms with Gasteiger partial charge in [-0.15, -0.1) is 0 Å². The average molecular weight is 221 g/mol. The van der Waals surface area contributed by atoms with Crippen LogP contribution in [-0.4, -0.2) is 14.9 Å². The highest BCUT2D eigenvalue weighted by Gasteiger charge is 2.17. The van der Waals surface area contributed by atoms with Gasteiger partial charge in [-0.3, -0.25) is 10.1 Å². The summed E-state index contributed by atoms with van der Waals surface area (Å²) in [5, 5.41) is 10.3. The normalized spacial score (nSPS) is 12.8. The van der Waals surface area contributed by atoms with Crippen LogP contribution in [0.25, 0.3) is 0 Å². The van der Waals surface area contributed by atoms with Crippen molar-refractivity contribution in [1.29, 1.82) is 0 Å². The third kappa shape index (κ3) is 2.32. The lowest BCUT2D eigenvalue weighted by Crippen LogP contribution is -2.02. The molecule has 0 radical (unpaired) electrons. The van der Waals surface area contributed by atoms with Crippen molar-refractivity contribution >= 4 is 16.5 Å². The fourth-order valence-corrected chi connectivity index (χ4v) is 1.48. The highest BCUT2D eigenvalue weighted by atomic mass is 32.2. The van der Waals surface area contributed by atoms with Crippen molar-refractivity contribution in [3.8, 4) is 0 Å². The summed E-state index contributed by atoms with van der Waals surface area (Å²) in [5.74, 6) is -3.03. The van der Waals surface area contributed by atoms with E-state index in [0.717, 1.165) is 18.2 Å². The van der Waals surface area contributed by atoms with Crippen molar-refractivity contribution < 1.29 is 17.9 Å². The minimum absolute atomic E-state index is 0.241. The van der Waals surface area contributed by atoms with Gasteiger partial charge in [0.25, 0.3) is 5.69 Å². The predicted molar refractivity (Wildman–Crippen MR) is 45.5 cm³/mol. The van der Waals surface area contributed by atoms with E-state index in [1.54, 1.807) is 0 Å². The van der Waals surface area contributed by atoms with Crippen molar-refractivity contribution in [2.45, 2.75) is 10.7 Å². The zero-order valence-corrected chi connectivity index (χ0v) is 7.54. The first-order valence-electron chi connectivity index (χ1n) is 3.45. The topological polar surface area (TPSA) is 60.2 Å². The standard InChI is InChI=1S/C7H5F2NO3S/c8-7(9)14(13)6-3-1-2-5(4-6)10(11)12/h1-4,7H. The maximum Gasteiger partial charge on any atom is 0.316 e. The van der Waals surface area contributed by atoms with Crippen LogP contribution in [0.4, 0.5) is 14.5 Å². The van der Waals surface area contributed by atoms with Crippen LogP contribution in [0.5, 0.6) is 0 Å². The summed E-state index contributed by atoms with van der Waals surface area (Å²) in [7, 11) is -2.50. The van der Waals surface area contributed by atoms with E-state index in [4.69, 9.17) is 0 Å². The largest absolute Gasteiger partial charge is 0.316 e. The molecule has 4 nitrogen and oxygen atoms in total. The lowest BCUT2D eigenvalue weighted by Gasteiger charge is -1.99.